The van der Waals surface area contributed by atoms with Gasteiger partial charge in [0.2, 0.25) is 0 Å². The lowest BCUT2D eigenvalue weighted by atomic mass is 9.98. The minimum Gasteiger partial charge on any atom is -0.311 e. The van der Waals surface area contributed by atoms with Crippen LogP contribution in [0.25, 0.3) is 0 Å². The first-order valence-electron chi connectivity index (χ1n) is 6.22. The molecule has 2 atom stereocenters. The number of halogens is 1. The largest absolute Gasteiger partial charge is 0.311 e. The summed E-state index contributed by atoms with van der Waals surface area (Å²) >= 11 is 0. The summed E-state index contributed by atoms with van der Waals surface area (Å²) in [6.07, 6.45) is 1.84. The Hall–Kier alpha value is -0.150. The van der Waals surface area contributed by atoms with Crippen molar-refractivity contribution in [3.63, 3.8) is 0 Å². The first kappa shape index (κ1) is 12.9. The fraction of sp³-hybridized carbons (Fsp3) is 1.00. The molecule has 0 aromatic carbocycles. The molecule has 1 fully saturated rings. The topological polar surface area (TPSA) is 15.3 Å². The Bertz CT molecular complexity index is 173. The van der Waals surface area contributed by atoms with Gasteiger partial charge in [-0.3, -0.25) is 9.29 Å². The zero-order valence-corrected chi connectivity index (χ0v) is 10.3. The van der Waals surface area contributed by atoms with Crippen LogP contribution in [0.2, 0.25) is 0 Å². The van der Waals surface area contributed by atoms with E-state index in [1.165, 1.54) is 0 Å². The standard InChI is InChI=1S/C12H25FN2/c1-4-11-8-14-12(10(2)3)9-15(11)7-5-6-13/h10-12,14H,4-9H2,1-3H3. The van der Waals surface area contributed by atoms with E-state index in [1.807, 2.05) is 0 Å². The number of hydrogen-bond donors (Lipinski definition) is 1. The molecule has 1 heterocycles. The van der Waals surface area contributed by atoms with E-state index in [0.717, 1.165) is 26.1 Å². The molecule has 0 aliphatic carbocycles. The molecule has 0 saturated carbocycles. The fourth-order valence-electron chi connectivity index (χ4n) is 2.27. The third kappa shape index (κ3) is 3.72. The Kier molecular flexibility index (Phi) is 5.54. The van der Waals surface area contributed by atoms with Crippen LogP contribution in [0.3, 0.4) is 0 Å². The van der Waals surface area contributed by atoms with Gasteiger partial charge in [0.05, 0.1) is 6.67 Å². The molecule has 3 heteroatoms. The predicted octanol–water partition coefficient (Wildman–Crippen LogP) is 2.05. The van der Waals surface area contributed by atoms with Crippen molar-refractivity contribution >= 4 is 0 Å². The summed E-state index contributed by atoms with van der Waals surface area (Å²) in [5.41, 5.74) is 0. The highest BCUT2D eigenvalue weighted by atomic mass is 19.1. The van der Waals surface area contributed by atoms with E-state index in [2.05, 4.69) is 31.0 Å². The Morgan fingerprint density at radius 1 is 1.47 bits per heavy atom. The van der Waals surface area contributed by atoms with Crippen molar-refractivity contribution in [3.8, 4) is 0 Å². The maximum atomic E-state index is 12.2. The second-order valence-corrected chi connectivity index (χ2v) is 4.86. The molecule has 1 aliphatic rings. The summed E-state index contributed by atoms with van der Waals surface area (Å²) in [5.74, 6) is 0.663. The lowest BCUT2D eigenvalue weighted by molar-refractivity contribution is 0.107. The highest BCUT2D eigenvalue weighted by molar-refractivity contribution is 4.86. The third-order valence-corrected chi connectivity index (χ3v) is 3.42. The Morgan fingerprint density at radius 3 is 2.73 bits per heavy atom. The van der Waals surface area contributed by atoms with Crippen LogP contribution in [-0.2, 0) is 0 Å². The van der Waals surface area contributed by atoms with Crippen molar-refractivity contribution < 1.29 is 4.39 Å². The molecule has 0 aromatic rings. The minimum absolute atomic E-state index is 0.188. The molecule has 0 amide bonds. The molecule has 15 heavy (non-hydrogen) atoms. The van der Waals surface area contributed by atoms with Crippen molar-refractivity contribution in [3.05, 3.63) is 0 Å². The van der Waals surface area contributed by atoms with E-state index in [9.17, 15) is 4.39 Å². The molecule has 1 aliphatic heterocycles. The molecule has 2 nitrogen and oxygen atoms in total. The fourth-order valence-corrected chi connectivity index (χ4v) is 2.27. The lowest BCUT2D eigenvalue weighted by Gasteiger charge is -2.41. The van der Waals surface area contributed by atoms with Crippen molar-refractivity contribution in [1.82, 2.24) is 10.2 Å². The summed E-state index contributed by atoms with van der Waals surface area (Å²) in [7, 11) is 0. The van der Waals surface area contributed by atoms with Crippen LogP contribution < -0.4 is 5.32 Å². The second kappa shape index (κ2) is 6.44. The quantitative estimate of drug-likeness (QED) is 0.756. The molecule has 1 N–H and O–H groups in total. The van der Waals surface area contributed by atoms with Gasteiger partial charge in [-0.1, -0.05) is 20.8 Å². The van der Waals surface area contributed by atoms with Gasteiger partial charge in [0.15, 0.2) is 0 Å². The summed E-state index contributed by atoms with van der Waals surface area (Å²) in [5, 5.41) is 3.59. The number of hydrogen-bond acceptors (Lipinski definition) is 2. The van der Waals surface area contributed by atoms with Crippen molar-refractivity contribution in [1.29, 1.82) is 0 Å². The van der Waals surface area contributed by atoms with Gasteiger partial charge in [-0.2, -0.15) is 0 Å². The summed E-state index contributed by atoms with van der Waals surface area (Å²) in [6, 6.07) is 1.18. The molecular formula is C12H25FN2. The van der Waals surface area contributed by atoms with Gasteiger partial charge in [-0.15, -0.1) is 0 Å². The second-order valence-electron chi connectivity index (χ2n) is 4.86. The van der Waals surface area contributed by atoms with Gasteiger partial charge in [-0.25, -0.2) is 0 Å². The average molecular weight is 216 g/mol. The number of rotatable bonds is 5. The molecule has 1 rings (SSSR count). The Morgan fingerprint density at radius 2 is 2.20 bits per heavy atom. The van der Waals surface area contributed by atoms with Gasteiger partial charge in [0.1, 0.15) is 0 Å². The Labute approximate surface area is 93.2 Å². The van der Waals surface area contributed by atoms with E-state index in [1.54, 1.807) is 0 Å². The zero-order chi connectivity index (χ0) is 11.3. The van der Waals surface area contributed by atoms with Crippen LogP contribution in [0, 0.1) is 5.92 Å². The van der Waals surface area contributed by atoms with Crippen LogP contribution in [0.4, 0.5) is 4.39 Å². The molecular weight excluding hydrogens is 191 g/mol. The number of piperazine rings is 1. The lowest BCUT2D eigenvalue weighted by Crippen LogP contribution is -2.58. The predicted molar refractivity (Wildman–Crippen MR) is 62.9 cm³/mol. The SMILES string of the molecule is CCC1CNC(C(C)C)CN1CCCF. The van der Waals surface area contributed by atoms with Gasteiger partial charge in [0.25, 0.3) is 0 Å². The van der Waals surface area contributed by atoms with E-state index in [-0.39, 0.29) is 6.67 Å². The van der Waals surface area contributed by atoms with Crippen LogP contribution in [0.5, 0.6) is 0 Å². The molecule has 1 saturated heterocycles. The molecule has 90 valence electrons. The average Bonchev–Trinajstić information content (AvgIpc) is 2.25. The summed E-state index contributed by atoms with van der Waals surface area (Å²) in [6.45, 7) is 9.58. The van der Waals surface area contributed by atoms with Crippen LogP contribution in [-0.4, -0.2) is 43.3 Å². The smallest absolute Gasteiger partial charge is 0.0906 e. The van der Waals surface area contributed by atoms with Crippen molar-refractivity contribution in [2.24, 2.45) is 5.92 Å². The summed E-state index contributed by atoms with van der Waals surface area (Å²) in [4.78, 5) is 2.46. The molecule has 0 bridgehead atoms. The molecule has 0 radical (unpaired) electrons. The number of nitrogens with one attached hydrogen (secondary N) is 1. The van der Waals surface area contributed by atoms with Crippen LogP contribution >= 0.6 is 0 Å². The normalized spacial score (nSPS) is 28.6. The minimum atomic E-state index is -0.188. The van der Waals surface area contributed by atoms with Crippen molar-refractivity contribution in [2.45, 2.75) is 45.7 Å². The van der Waals surface area contributed by atoms with Crippen LogP contribution in [0.15, 0.2) is 0 Å². The molecule has 0 aromatic heterocycles. The van der Waals surface area contributed by atoms with Crippen molar-refractivity contribution in [2.75, 3.05) is 26.3 Å². The first-order valence-corrected chi connectivity index (χ1v) is 6.22. The monoisotopic (exact) mass is 216 g/mol. The van der Waals surface area contributed by atoms with Crippen LogP contribution in [0.1, 0.15) is 33.6 Å². The maximum Gasteiger partial charge on any atom is 0.0906 e. The highest BCUT2D eigenvalue weighted by Gasteiger charge is 2.27. The van der Waals surface area contributed by atoms with E-state index in [0.29, 0.717) is 24.4 Å². The van der Waals surface area contributed by atoms with Gasteiger partial charge < -0.3 is 5.32 Å². The highest BCUT2D eigenvalue weighted by Crippen LogP contribution is 2.15. The van der Waals surface area contributed by atoms with Gasteiger partial charge in [-0.05, 0) is 18.8 Å². The summed E-state index contributed by atoms with van der Waals surface area (Å²) < 4.78 is 12.2. The third-order valence-electron chi connectivity index (χ3n) is 3.42. The molecule has 2 unspecified atom stereocenters. The van der Waals surface area contributed by atoms with E-state index in [4.69, 9.17) is 0 Å². The number of nitrogens with zero attached hydrogens (tertiary/aromatic N) is 1. The van der Waals surface area contributed by atoms with E-state index < -0.39 is 0 Å². The maximum absolute atomic E-state index is 12.2. The first-order chi connectivity index (χ1) is 7.19. The Balaban J connectivity index is 2.45. The molecule has 0 spiro atoms. The zero-order valence-electron chi connectivity index (χ0n) is 10.3. The number of alkyl halides is 1. The van der Waals surface area contributed by atoms with E-state index >= 15 is 0 Å². The van der Waals surface area contributed by atoms with Gasteiger partial charge in [0, 0.05) is 31.7 Å². The van der Waals surface area contributed by atoms with Gasteiger partial charge >= 0.3 is 0 Å².